The van der Waals surface area contributed by atoms with Crippen molar-refractivity contribution in [2.45, 2.75) is 10.5 Å². The maximum Gasteiger partial charge on any atom is 0.269 e. The second kappa shape index (κ2) is 12.9. The predicted octanol–water partition coefficient (Wildman–Crippen LogP) is 8.43. The zero-order valence-electron chi connectivity index (χ0n) is 21.2. The molecule has 0 N–H and O–H groups in total. The molecule has 0 fully saturated rings. The fraction of sp³-hybridized carbons (Fsp3) is 0.0667. The molecule has 0 saturated carbocycles. The molecule has 0 aliphatic heterocycles. The Morgan fingerprint density at radius 3 is 1.17 bits per heavy atom. The molecule has 0 aliphatic carbocycles. The van der Waals surface area contributed by atoms with Gasteiger partial charge in [-0.2, -0.15) is 0 Å². The van der Waals surface area contributed by atoms with Crippen LogP contribution in [-0.4, -0.2) is 18.3 Å². The van der Waals surface area contributed by atoms with Gasteiger partial charge >= 0.3 is 0 Å². The number of nitro benzene ring substituents is 2. The van der Waals surface area contributed by atoms with E-state index < -0.39 is 30.2 Å². The average Bonchev–Trinajstić information content (AvgIpc) is 2.95. The molecule has 0 aliphatic rings. The lowest BCUT2D eigenvalue weighted by atomic mass is 10.1. The van der Waals surface area contributed by atoms with Crippen molar-refractivity contribution in [3.8, 4) is 0 Å². The van der Waals surface area contributed by atoms with Gasteiger partial charge in [-0.3, -0.25) is 20.2 Å². The summed E-state index contributed by atoms with van der Waals surface area (Å²) in [6.45, 7) is 0. The normalized spacial score (nSPS) is 13.3. The number of nitrogens with zero attached hydrogens (tertiary/aromatic N) is 2. The first kappa shape index (κ1) is 29.7. The van der Waals surface area contributed by atoms with E-state index in [4.69, 9.17) is 23.2 Å². The smallest absolute Gasteiger partial charge is 0.258 e. The fourth-order valence-corrected chi connectivity index (χ4v) is 6.33. The molecule has 4 rings (SSSR count). The van der Waals surface area contributed by atoms with Crippen LogP contribution in [0.2, 0.25) is 10.0 Å². The summed E-state index contributed by atoms with van der Waals surface area (Å²) in [6, 6.07) is 24.4. The lowest BCUT2D eigenvalue weighted by molar-refractivity contribution is -0.385. The number of hydrogen-bond acceptors (Lipinski definition) is 6. The van der Waals surface area contributed by atoms with Crippen LogP contribution in [0.4, 0.5) is 11.4 Å². The Bertz CT molecular complexity index is 1580. The number of rotatable bonds is 10. The Balaban J connectivity index is 1.79. The van der Waals surface area contributed by atoms with Crippen molar-refractivity contribution in [2.75, 3.05) is 0 Å². The average molecular weight is 609 g/mol. The van der Waals surface area contributed by atoms with Crippen molar-refractivity contribution in [3.63, 3.8) is 0 Å². The third-order valence-corrected chi connectivity index (χ3v) is 9.02. The third kappa shape index (κ3) is 7.46. The molecular weight excluding hydrogens is 587 g/mol. The third-order valence-electron chi connectivity index (χ3n) is 6.24. The van der Waals surface area contributed by atoms with E-state index in [-0.39, 0.29) is 11.4 Å². The molecule has 2 atom stereocenters. The van der Waals surface area contributed by atoms with Crippen molar-refractivity contribution < 1.29 is 18.3 Å². The summed E-state index contributed by atoms with van der Waals surface area (Å²) in [5, 5.41) is 20.7. The minimum absolute atomic E-state index is 0.0804. The molecule has 8 nitrogen and oxygen atoms in total. The first-order valence-corrected chi connectivity index (χ1v) is 14.5. The van der Waals surface area contributed by atoms with Crippen molar-refractivity contribution in [2.24, 2.45) is 0 Å². The van der Waals surface area contributed by atoms with Gasteiger partial charge in [0.1, 0.15) is 10.5 Å². The summed E-state index contributed by atoms with van der Waals surface area (Å²) >= 11 is 12.2. The molecule has 4 aromatic rings. The zero-order chi connectivity index (χ0) is 29.6. The van der Waals surface area contributed by atoms with Crippen molar-refractivity contribution in [1.29, 1.82) is 0 Å². The number of sulfone groups is 1. The van der Waals surface area contributed by atoms with Gasteiger partial charge in [-0.25, -0.2) is 8.42 Å². The lowest BCUT2D eigenvalue weighted by Crippen LogP contribution is -2.19. The monoisotopic (exact) mass is 608 g/mol. The van der Waals surface area contributed by atoms with Crippen LogP contribution >= 0.6 is 23.2 Å². The molecule has 41 heavy (non-hydrogen) atoms. The largest absolute Gasteiger partial charge is 0.269 e. The second-order valence-corrected chi connectivity index (χ2v) is 12.0. The summed E-state index contributed by atoms with van der Waals surface area (Å²) < 4.78 is 28.8. The summed E-state index contributed by atoms with van der Waals surface area (Å²) in [6.07, 6.45) is 6.25. The number of non-ortho nitro benzene ring substituents is 2. The SMILES string of the molecule is O=[N+]([O-])c1ccc(/C=C/C(c2ccc(Cl)cc2)S(=O)(=O)C(/C=C/c2ccc([N+](=O)[O-])cc2)c2ccc(Cl)cc2)cc1. The van der Waals surface area contributed by atoms with Gasteiger partial charge in [0.25, 0.3) is 11.4 Å². The summed E-state index contributed by atoms with van der Waals surface area (Å²) in [4.78, 5) is 21.0. The zero-order valence-corrected chi connectivity index (χ0v) is 23.5. The standard InChI is InChI=1S/C30H22Cl2N2O6S/c31-25-11-7-23(8-12-25)29(19-5-21-1-15-27(16-2-21)33(35)36)41(39,40)30(24-9-13-26(32)14-10-24)20-6-22-3-17-28(18-4-22)34(37)38/h1-20,29-30H/b19-5+,20-6+. The molecule has 2 unspecified atom stereocenters. The Morgan fingerprint density at radius 2 is 0.878 bits per heavy atom. The summed E-state index contributed by atoms with van der Waals surface area (Å²) in [5.41, 5.74) is 1.93. The minimum Gasteiger partial charge on any atom is -0.258 e. The molecule has 0 heterocycles. The van der Waals surface area contributed by atoms with Crippen molar-refractivity contribution in [1.82, 2.24) is 0 Å². The molecule has 11 heteroatoms. The second-order valence-electron chi connectivity index (χ2n) is 8.95. The maximum absolute atomic E-state index is 14.4. The van der Waals surface area contributed by atoms with E-state index in [0.29, 0.717) is 32.3 Å². The van der Waals surface area contributed by atoms with Gasteiger partial charge in [0.05, 0.1) is 9.85 Å². The highest BCUT2D eigenvalue weighted by Gasteiger charge is 2.33. The Morgan fingerprint density at radius 1 is 0.561 bits per heavy atom. The Labute approximate surface area is 246 Å². The van der Waals surface area contributed by atoms with Crippen LogP contribution in [0, 0.1) is 20.2 Å². The minimum atomic E-state index is -4.05. The fourth-order valence-electron chi connectivity index (χ4n) is 4.09. The van der Waals surface area contributed by atoms with Crippen LogP contribution in [0.3, 0.4) is 0 Å². The van der Waals surface area contributed by atoms with E-state index in [1.807, 2.05) is 0 Å². The lowest BCUT2D eigenvalue weighted by Gasteiger charge is -2.22. The molecule has 208 valence electrons. The molecule has 0 aromatic heterocycles. The van der Waals surface area contributed by atoms with E-state index in [1.165, 1.54) is 60.7 Å². The Hall–Kier alpha value is -4.31. The number of hydrogen-bond donors (Lipinski definition) is 0. The maximum atomic E-state index is 14.4. The molecule has 0 radical (unpaired) electrons. The molecule has 0 saturated heterocycles. The van der Waals surface area contributed by atoms with Crippen LogP contribution in [0.15, 0.2) is 109 Å². The molecule has 0 amide bonds. The molecule has 0 spiro atoms. The first-order chi connectivity index (χ1) is 19.5. The topological polar surface area (TPSA) is 120 Å². The van der Waals surface area contributed by atoms with Gasteiger partial charge in [0.15, 0.2) is 9.84 Å². The van der Waals surface area contributed by atoms with Crippen molar-refractivity contribution >= 4 is 56.6 Å². The van der Waals surface area contributed by atoms with Gasteiger partial charge in [0.2, 0.25) is 0 Å². The van der Waals surface area contributed by atoms with Gasteiger partial charge in [-0.05, 0) is 70.8 Å². The first-order valence-electron chi connectivity index (χ1n) is 12.1. The molecular formula is C30H22Cl2N2O6S. The van der Waals surface area contributed by atoms with Gasteiger partial charge < -0.3 is 0 Å². The van der Waals surface area contributed by atoms with E-state index in [2.05, 4.69) is 0 Å². The van der Waals surface area contributed by atoms with Gasteiger partial charge in [-0.15, -0.1) is 0 Å². The van der Waals surface area contributed by atoms with Crippen molar-refractivity contribution in [3.05, 3.63) is 162 Å². The highest BCUT2D eigenvalue weighted by atomic mass is 35.5. The van der Waals surface area contributed by atoms with Crippen LogP contribution in [-0.2, 0) is 9.84 Å². The van der Waals surface area contributed by atoms with E-state index in [9.17, 15) is 28.6 Å². The highest BCUT2D eigenvalue weighted by Crippen LogP contribution is 2.38. The van der Waals surface area contributed by atoms with Gasteiger partial charge in [0, 0.05) is 34.3 Å². The summed E-state index contributed by atoms with van der Waals surface area (Å²) in [5.74, 6) is 0. The predicted molar refractivity (Wildman–Crippen MR) is 162 cm³/mol. The van der Waals surface area contributed by atoms with E-state index in [0.717, 1.165) is 0 Å². The van der Waals surface area contributed by atoms with Crippen LogP contribution in [0.5, 0.6) is 0 Å². The number of nitro groups is 2. The van der Waals surface area contributed by atoms with Gasteiger partial charge in [-0.1, -0.05) is 71.8 Å². The quantitative estimate of drug-likeness (QED) is 0.131. The number of benzene rings is 4. The van der Waals surface area contributed by atoms with Crippen LogP contribution < -0.4 is 0 Å². The van der Waals surface area contributed by atoms with Crippen LogP contribution in [0.1, 0.15) is 32.8 Å². The molecule has 4 aromatic carbocycles. The Kier molecular flexibility index (Phi) is 9.34. The molecule has 0 bridgehead atoms. The van der Waals surface area contributed by atoms with E-state index >= 15 is 0 Å². The highest BCUT2D eigenvalue weighted by molar-refractivity contribution is 7.92. The summed E-state index contributed by atoms with van der Waals surface area (Å²) in [7, 11) is -4.05. The number of halogens is 2. The van der Waals surface area contributed by atoms with E-state index in [1.54, 1.807) is 60.7 Å². The van der Waals surface area contributed by atoms with Crippen LogP contribution in [0.25, 0.3) is 12.2 Å².